The fourth-order valence-electron chi connectivity index (χ4n) is 2.58. The highest BCUT2D eigenvalue weighted by Crippen LogP contribution is 2.32. The lowest BCUT2D eigenvalue weighted by Gasteiger charge is -2.15. The number of nitrogens with zero attached hydrogens (tertiary/aromatic N) is 2. The number of hydrogen-bond donors (Lipinski definition) is 1. The molecule has 18 heavy (non-hydrogen) atoms. The third-order valence-corrected chi connectivity index (χ3v) is 3.47. The largest absolute Gasteiger partial charge is 0.326 e. The van der Waals surface area contributed by atoms with Gasteiger partial charge in [-0.2, -0.15) is 0 Å². The second kappa shape index (κ2) is 4.80. The van der Waals surface area contributed by atoms with E-state index in [4.69, 9.17) is 0 Å². The average Bonchev–Trinajstić information content (AvgIpc) is 2.98. The number of benzene rings is 1. The van der Waals surface area contributed by atoms with Crippen molar-refractivity contribution in [3.8, 4) is 0 Å². The van der Waals surface area contributed by atoms with Crippen LogP contribution in [0.5, 0.6) is 0 Å². The van der Waals surface area contributed by atoms with E-state index in [1.54, 1.807) is 12.3 Å². The van der Waals surface area contributed by atoms with Crippen LogP contribution in [0.4, 0.5) is 16.0 Å². The first-order valence-corrected chi connectivity index (χ1v) is 6.38. The number of nitrogens with one attached hydrogen (secondary N) is 1. The van der Waals surface area contributed by atoms with Gasteiger partial charge in [-0.1, -0.05) is 18.9 Å². The van der Waals surface area contributed by atoms with Crippen LogP contribution in [0, 0.1) is 5.82 Å². The second-order valence-electron chi connectivity index (χ2n) is 4.73. The van der Waals surface area contributed by atoms with Gasteiger partial charge in [-0.05, 0) is 31.0 Å². The van der Waals surface area contributed by atoms with Gasteiger partial charge in [-0.3, -0.25) is 0 Å². The number of imidazole rings is 1. The van der Waals surface area contributed by atoms with Gasteiger partial charge >= 0.3 is 0 Å². The molecule has 1 heterocycles. The Bertz CT molecular complexity index is 529. The van der Waals surface area contributed by atoms with E-state index in [1.807, 2.05) is 12.3 Å². The molecule has 0 amide bonds. The molecule has 1 aromatic heterocycles. The van der Waals surface area contributed by atoms with E-state index >= 15 is 0 Å². The van der Waals surface area contributed by atoms with Crippen LogP contribution in [0.25, 0.3) is 0 Å². The summed E-state index contributed by atoms with van der Waals surface area (Å²) in [6.45, 7) is 0. The molecule has 0 spiro atoms. The van der Waals surface area contributed by atoms with Crippen molar-refractivity contribution in [2.45, 2.75) is 31.7 Å². The lowest BCUT2D eigenvalue weighted by Crippen LogP contribution is -2.07. The molecular weight excluding hydrogens is 229 g/mol. The van der Waals surface area contributed by atoms with E-state index in [-0.39, 0.29) is 5.82 Å². The molecule has 1 aliphatic carbocycles. The van der Waals surface area contributed by atoms with Gasteiger partial charge in [0.25, 0.3) is 0 Å². The van der Waals surface area contributed by atoms with Crippen molar-refractivity contribution in [1.29, 1.82) is 0 Å². The van der Waals surface area contributed by atoms with Crippen LogP contribution in [0.3, 0.4) is 0 Å². The molecule has 2 aromatic rings. The minimum absolute atomic E-state index is 0.237. The van der Waals surface area contributed by atoms with Crippen molar-refractivity contribution in [3.63, 3.8) is 0 Å². The van der Waals surface area contributed by atoms with E-state index in [1.165, 1.54) is 37.8 Å². The zero-order valence-corrected chi connectivity index (χ0v) is 10.1. The zero-order valence-electron chi connectivity index (χ0n) is 10.1. The topological polar surface area (TPSA) is 29.9 Å². The number of aromatic nitrogens is 2. The predicted octanol–water partition coefficient (Wildman–Crippen LogP) is 3.88. The third kappa shape index (κ3) is 2.23. The standard InChI is InChI=1S/C14H16FN3/c15-11-4-3-5-12(10-11)17-14-16-8-9-18(14)13-6-1-2-7-13/h3-5,8-10,13H,1-2,6-7H2,(H,16,17). The summed E-state index contributed by atoms with van der Waals surface area (Å²) < 4.78 is 15.3. The highest BCUT2D eigenvalue weighted by atomic mass is 19.1. The van der Waals surface area contributed by atoms with E-state index in [0.29, 0.717) is 6.04 Å². The number of hydrogen-bond acceptors (Lipinski definition) is 2. The maximum Gasteiger partial charge on any atom is 0.207 e. The number of halogens is 1. The summed E-state index contributed by atoms with van der Waals surface area (Å²) in [6.07, 6.45) is 8.75. The van der Waals surface area contributed by atoms with Crippen LogP contribution >= 0.6 is 0 Å². The lowest BCUT2D eigenvalue weighted by molar-refractivity contribution is 0.525. The van der Waals surface area contributed by atoms with Crippen LogP contribution in [0.15, 0.2) is 36.7 Å². The summed E-state index contributed by atoms with van der Waals surface area (Å²) in [7, 11) is 0. The molecule has 0 unspecified atom stereocenters. The van der Waals surface area contributed by atoms with Crippen molar-refractivity contribution in [3.05, 3.63) is 42.5 Å². The van der Waals surface area contributed by atoms with Crippen molar-refractivity contribution in [1.82, 2.24) is 9.55 Å². The molecule has 94 valence electrons. The second-order valence-corrected chi connectivity index (χ2v) is 4.73. The molecule has 0 aliphatic heterocycles. The van der Waals surface area contributed by atoms with E-state index < -0.39 is 0 Å². The summed E-state index contributed by atoms with van der Waals surface area (Å²) in [5.74, 6) is 0.562. The van der Waals surface area contributed by atoms with Crippen LogP contribution in [-0.4, -0.2) is 9.55 Å². The molecule has 0 atom stereocenters. The molecule has 1 aromatic carbocycles. The first-order valence-electron chi connectivity index (χ1n) is 6.38. The predicted molar refractivity (Wildman–Crippen MR) is 69.4 cm³/mol. The SMILES string of the molecule is Fc1cccc(Nc2nccn2C2CCCC2)c1. The summed E-state index contributed by atoms with van der Waals surface area (Å²) in [5, 5.41) is 3.18. The van der Waals surface area contributed by atoms with Gasteiger partial charge in [0.15, 0.2) is 0 Å². The summed E-state index contributed by atoms with van der Waals surface area (Å²) in [4.78, 5) is 4.32. The monoisotopic (exact) mass is 245 g/mol. The average molecular weight is 245 g/mol. The normalized spacial score (nSPS) is 16.1. The smallest absolute Gasteiger partial charge is 0.207 e. The Hall–Kier alpha value is -1.84. The molecule has 1 fully saturated rings. The van der Waals surface area contributed by atoms with Gasteiger partial charge in [0.05, 0.1) is 0 Å². The lowest BCUT2D eigenvalue weighted by atomic mass is 10.2. The van der Waals surface area contributed by atoms with E-state index in [0.717, 1.165) is 11.6 Å². The van der Waals surface area contributed by atoms with Gasteiger partial charge in [0.1, 0.15) is 5.82 Å². The number of anilines is 2. The Kier molecular flexibility index (Phi) is 3.00. The van der Waals surface area contributed by atoms with Crippen LogP contribution in [-0.2, 0) is 0 Å². The Morgan fingerprint density at radius 2 is 2.11 bits per heavy atom. The van der Waals surface area contributed by atoms with Crippen molar-refractivity contribution in [2.75, 3.05) is 5.32 Å². The first kappa shape index (κ1) is 11.3. The highest BCUT2D eigenvalue weighted by molar-refractivity contribution is 5.53. The molecule has 4 heteroatoms. The molecule has 3 nitrogen and oxygen atoms in total. The van der Waals surface area contributed by atoms with Crippen molar-refractivity contribution >= 4 is 11.6 Å². The molecule has 1 aliphatic rings. The molecule has 3 rings (SSSR count). The molecule has 0 radical (unpaired) electrons. The summed E-state index contributed by atoms with van der Waals surface area (Å²) in [5.41, 5.74) is 0.737. The zero-order chi connectivity index (χ0) is 12.4. The van der Waals surface area contributed by atoms with E-state index in [2.05, 4.69) is 14.9 Å². The fraction of sp³-hybridized carbons (Fsp3) is 0.357. The Balaban J connectivity index is 1.82. The fourth-order valence-corrected chi connectivity index (χ4v) is 2.58. The first-order chi connectivity index (χ1) is 8.83. The van der Waals surface area contributed by atoms with Crippen molar-refractivity contribution < 1.29 is 4.39 Å². The Morgan fingerprint density at radius 1 is 1.28 bits per heavy atom. The van der Waals surface area contributed by atoms with Gasteiger partial charge in [0.2, 0.25) is 5.95 Å². The van der Waals surface area contributed by atoms with Gasteiger partial charge in [-0.15, -0.1) is 0 Å². The van der Waals surface area contributed by atoms with Gasteiger partial charge in [-0.25, -0.2) is 9.37 Å². The van der Waals surface area contributed by atoms with E-state index in [9.17, 15) is 4.39 Å². The molecule has 1 N–H and O–H groups in total. The molecule has 0 saturated heterocycles. The molecular formula is C14H16FN3. The summed E-state index contributed by atoms with van der Waals surface area (Å²) >= 11 is 0. The highest BCUT2D eigenvalue weighted by Gasteiger charge is 2.19. The minimum Gasteiger partial charge on any atom is -0.326 e. The quantitative estimate of drug-likeness (QED) is 0.889. The summed E-state index contributed by atoms with van der Waals surface area (Å²) in [6, 6.07) is 6.99. The molecule has 1 saturated carbocycles. The van der Waals surface area contributed by atoms with Crippen LogP contribution < -0.4 is 5.32 Å². The van der Waals surface area contributed by atoms with Gasteiger partial charge in [0, 0.05) is 24.1 Å². The van der Waals surface area contributed by atoms with Crippen LogP contribution in [0.1, 0.15) is 31.7 Å². The maximum atomic E-state index is 13.1. The number of rotatable bonds is 3. The Morgan fingerprint density at radius 3 is 2.89 bits per heavy atom. The third-order valence-electron chi connectivity index (χ3n) is 3.47. The minimum atomic E-state index is -0.237. The maximum absolute atomic E-state index is 13.1. The van der Waals surface area contributed by atoms with Crippen molar-refractivity contribution in [2.24, 2.45) is 0 Å². The van der Waals surface area contributed by atoms with Gasteiger partial charge < -0.3 is 9.88 Å². The Labute approximate surface area is 106 Å². The molecule has 0 bridgehead atoms. The van der Waals surface area contributed by atoms with Crippen LogP contribution in [0.2, 0.25) is 0 Å².